The summed E-state index contributed by atoms with van der Waals surface area (Å²) in [5, 5.41) is 0. The number of benzene rings is 2. The van der Waals surface area contributed by atoms with E-state index in [0.717, 1.165) is 6.42 Å². The Morgan fingerprint density at radius 1 is 1.05 bits per heavy atom. The maximum atomic E-state index is 10.9. The van der Waals surface area contributed by atoms with E-state index in [9.17, 15) is 4.79 Å². The van der Waals surface area contributed by atoms with Crippen molar-refractivity contribution in [2.24, 2.45) is 0 Å². The minimum Gasteiger partial charge on any atom is -0.453 e. The molecule has 0 N–H and O–H groups in total. The first kappa shape index (κ1) is 12.2. The van der Waals surface area contributed by atoms with Crippen LogP contribution in [0.3, 0.4) is 0 Å². The van der Waals surface area contributed by atoms with Crippen molar-refractivity contribution in [3.63, 3.8) is 0 Å². The van der Waals surface area contributed by atoms with Gasteiger partial charge in [0, 0.05) is 17.5 Å². The molecule has 2 nitrogen and oxygen atoms in total. The molecule has 3 heteroatoms. The third-order valence-electron chi connectivity index (χ3n) is 3.61. The number of hydrogen-bond donors (Lipinski definition) is 0. The number of fused-ring (bicyclic) bond motifs is 2. The van der Waals surface area contributed by atoms with Gasteiger partial charge < -0.3 is 4.74 Å². The van der Waals surface area contributed by atoms with Gasteiger partial charge in [-0.25, -0.2) is 4.79 Å². The molecule has 3 rings (SSSR count). The average molecular weight is 273 g/mol. The van der Waals surface area contributed by atoms with Crippen LogP contribution in [0.15, 0.2) is 48.5 Å². The summed E-state index contributed by atoms with van der Waals surface area (Å²) in [5.41, 5.74) is 4.27. The molecule has 0 amide bonds. The lowest BCUT2D eigenvalue weighted by atomic mass is 9.78. The summed E-state index contributed by atoms with van der Waals surface area (Å²) in [5.74, 6) is 0.0730. The summed E-state index contributed by atoms with van der Waals surface area (Å²) in [6.07, 6.45) is 0.928. The third-order valence-corrected chi connectivity index (χ3v) is 3.71. The summed E-state index contributed by atoms with van der Waals surface area (Å²) in [6, 6.07) is 16.6. The smallest absolute Gasteiger partial charge is 0.403 e. The number of carbonyl (C=O) groups is 1. The number of hydrogen-bond acceptors (Lipinski definition) is 2. The first-order valence-electron chi connectivity index (χ1n) is 6.23. The van der Waals surface area contributed by atoms with Gasteiger partial charge in [0.05, 0.1) is 0 Å². The molecule has 96 valence electrons. The zero-order chi connectivity index (χ0) is 13.2. The van der Waals surface area contributed by atoms with E-state index in [1.807, 2.05) is 24.3 Å². The van der Waals surface area contributed by atoms with Gasteiger partial charge in [-0.05, 0) is 28.7 Å². The van der Waals surface area contributed by atoms with Crippen LogP contribution in [0.1, 0.15) is 28.2 Å². The number of carbonyl (C=O) groups excluding carboxylic acids is 1. The Bertz CT molecular complexity index is 576. The van der Waals surface area contributed by atoms with E-state index in [2.05, 4.69) is 24.3 Å². The van der Waals surface area contributed by atoms with Gasteiger partial charge in [0.25, 0.3) is 0 Å². The van der Waals surface area contributed by atoms with E-state index in [4.69, 9.17) is 16.3 Å². The molecule has 1 aliphatic rings. The summed E-state index contributed by atoms with van der Waals surface area (Å²) in [6.45, 7) is 0.288. The standard InChI is InChI=1S/C16H13ClO2/c17-16(18)19-10-15-13-7-3-1-5-11(13)9-12-6-2-4-8-14(12)15/h1-8,15H,9-10H2. The summed E-state index contributed by atoms with van der Waals surface area (Å²) >= 11 is 5.29. The molecule has 0 aromatic heterocycles. The second-order valence-electron chi connectivity index (χ2n) is 4.68. The van der Waals surface area contributed by atoms with Crippen molar-refractivity contribution in [1.29, 1.82) is 0 Å². The Labute approximate surface area is 117 Å². The van der Waals surface area contributed by atoms with E-state index >= 15 is 0 Å². The lowest BCUT2D eigenvalue weighted by Gasteiger charge is -2.27. The molecule has 19 heavy (non-hydrogen) atoms. The van der Waals surface area contributed by atoms with E-state index in [1.165, 1.54) is 22.3 Å². The second-order valence-corrected chi connectivity index (χ2v) is 4.98. The fraction of sp³-hybridized carbons (Fsp3) is 0.188. The van der Waals surface area contributed by atoms with E-state index in [-0.39, 0.29) is 12.5 Å². The van der Waals surface area contributed by atoms with Gasteiger partial charge in [-0.1, -0.05) is 48.5 Å². The minimum absolute atomic E-state index is 0.0730. The van der Waals surface area contributed by atoms with Crippen LogP contribution in [0, 0.1) is 0 Å². The largest absolute Gasteiger partial charge is 0.453 e. The summed E-state index contributed by atoms with van der Waals surface area (Å²) in [7, 11) is 0. The first-order valence-corrected chi connectivity index (χ1v) is 6.61. The van der Waals surface area contributed by atoms with Gasteiger partial charge in [-0.3, -0.25) is 0 Å². The van der Waals surface area contributed by atoms with Gasteiger partial charge >= 0.3 is 5.43 Å². The Balaban J connectivity index is 2.03. The molecule has 0 heterocycles. The first-order chi connectivity index (χ1) is 9.25. The van der Waals surface area contributed by atoms with Crippen molar-refractivity contribution < 1.29 is 9.53 Å². The number of ether oxygens (including phenoxy) is 1. The number of rotatable bonds is 2. The Hall–Kier alpha value is -1.80. The molecule has 2 aromatic rings. The SMILES string of the molecule is O=C(Cl)OCC1c2ccccc2Cc2ccccc21. The molecule has 0 saturated heterocycles. The van der Waals surface area contributed by atoms with Crippen LogP contribution in [-0.2, 0) is 11.2 Å². The fourth-order valence-corrected chi connectivity index (χ4v) is 2.83. The highest BCUT2D eigenvalue weighted by Gasteiger charge is 2.25. The highest BCUT2D eigenvalue weighted by molar-refractivity contribution is 6.61. The van der Waals surface area contributed by atoms with Gasteiger partial charge in [-0.15, -0.1) is 0 Å². The molecule has 0 spiro atoms. The van der Waals surface area contributed by atoms with Crippen molar-refractivity contribution in [2.45, 2.75) is 12.3 Å². The van der Waals surface area contributed by atoms with Crippen LogP contribution in [0.2, 0.25) is 0 Å². The van der Waals surface area contributed by atoms with Crippen molar-refractivity contribution in [3.05, 3.63) is 70.8 Å². The lowest BCUT2D eigenvalue weighted by molar-refractivity contribution is 0.169. The van der Waals surface area contributed by atoms with E-state index < -0.39 is 5.43 Å². The summed E-state index contributed by atoms with van der Waals surface area (Å²) < 4.78 is 5.02. The fourth-order valence-electron chi connectivity index (χ4n) is 2.77. The minimum atomic E-state index is -0.750. The van der Waals surface area contributed by atoms with Crippen LogP contribution < -0.4 is 0 Å². The molecule has 0 radical (unpaired) electrons. The molecule has 0 saturated carbocycles. The zero-order valence-electron chi connectivity index (χ0n) is 10.3. The molecular weight excluding hydrogens is 260 g/mol. The van der Waals surface area contributed by atoms with E-state index in [0.29, 0.717) is 0 Å². The van der Waals surface area contributed by atoms with Gasteiger partial charge in [0.2, 0.25) is 0 Å². The maximum Gasteiger partial charge on any atom is 0.403 e. The van der Waals surface area contributed by atoms with Crippen LogP contribution >= 0.6 is 11.6 Å². The maximum absolute atomic E-state index is 10.9. The van der Waals surface area contributed by atoms with Crippen molar-refractivity contribution >= 4 is 17.0 Å². The summed E-state index contributed by atoms with van der Waals surface area (Å²) in [4.78, 5) is 10.9. The van der Waals surface area contributed by atoms with Crippen molar-refractivity contribution in [3.8, 4) is 0 Å². The quantitative estimate of drug-likeness (QED) is 0.770. The molecule has 0 fully saturated rings. The topological polar surface area (TPSA) is 26.3 Å². The predicted molar refractivity (Wildman–Crippen MR) is 74.7 cm³/mol. The Morgan fingerprint density at radius 2 is 1.58 bits per heavy atom. The van der Waals surface area contributed by atoms with E-state index in [1.54, 1.807) is 0 Å². The zero-order valence-corrected chi connectivity index (χ0v) is 11.1. The van der Waals surface area contributed by atoms with Gasteiger partial charge in [-0.2, -0.15) is 0 Å². The lowest BCUT2D eigenvalue weighted by Crippen LogP contribution is -2.18. The average Bonchev–Trinajstić information content (AvgIpc) is 2.43. The highest BCUT2D eigenvalue weighted by Crippen LogP contribution is 2.36. The van der Waals surface area contributed by atoms with Crippen LogP contribution in [-0.4, -0.2) is 12.0 Å². The normalized spacial score (nSPS) is 13.5. The second kappa shape index (κ2) is 5.06. The molecule has 0 bridgehead atoms. The molecule has 2 aromatic carbocycles. The van der Waals surface area contributed by atoms with Crippen molar-refractivity contribution in [1.82, 2.24) is 0 Å². The van der Waals surface area contributed by atoms with Crippen LogP contribution in [0.4, 0.5) is 4.79 Å². The predicted octanol–water partition coefficient (Wildman–Crippen LogP) is 4.10. The molecule has 0 unspecified atom stereocenters. The third kappa shape index (κ3) is 2.36. The molecule has 0 atom stereocenters. The highest BCUT2D eigenvalue weighted by atomic mass is 35.5. The Morgan fingerprint density at radius 3 is 2.11 bits per heavy atom. The molecular formula is C16H13ClO2. The monoisotopic (exact) mass is 272 g/mol. The van der Waals surface area contributed by atoms with Gasteiger partial charge in [0.1, 0.15) is 6.61 Å². The van der Waals surface area contributed by atoms with Crippen LogP contribution in [0.5, 0.6) is 0 Å². The van der Waals surface area contributed by atoms with Crippen molar-refractivity contribution in [2.75, 3.05) is 6.61 Å². The van der Waals surface area contributed by atoms with Gasteiger partial charge in [0.15, 0.2) is 0 Å². The number of halogens is 1. The molecule has 1 aliphatic carbocycles. The van der Waals surface area contributed by atoms with Crippen LogP contribution in [0.25, 0.3) is 0 Å². The Kier molecular flexibility index (Phi) is 3.26. The molecule has 0 aliphatic heterocycles.